The van der Waals surface area contributed by atoms with Crippen molar-refractivity contribution in [2.24, 2.45) is 0 Å². The van der Waals surface area contributed by atoms with Crippen LogP contribution in [0.1, 0.15) is 84.8 Å². The summed E-state index contributed by atoms with van der Waals surface area (Å²) in [4.78, 5) is 21.3. The van der Waals surface area contributed by atoms with E-state index in [0.717, 1.165) is 57.3 Å². The van der Waals surface area contributed by atoms with E-state index >= 15 is 0 Å². The molecular weight excluding hydrogens is 452 g/mol. The van der Waals surface area contributed by atoms with Crippen molar-refractivity contribution < 1.29 is 19.4 Å². The molecule has 4 aromatic rings. The monoisotopic (exact) mass is 484 g/mol. The molecule has 2 aromatic heterocycles. The zero-order chi connectivity index (χ0) is 25.4. The minimum absolute atomic E-state index is 0.0346. The van der Waals surface area contributed by atoms with E-state index in [-0.39, 0.29) is 5.78 Å². The Kier molecular flexibility index (Phi) is 6.63. The summed E-state index contributed by atoms with van der Waals surface area (Å²) in [5.74, 6) is 2.44. The van der Waals surface area contributed by atoms with Crippen molar-refractivity contribution in [2.45, 2.75) is 57.5 Å². The van der Waals surface area contributed by atoms with E-state index in [1.54, 1.807) is 28.1 Å². The maximum absolute atomic E-state index is 11.9. The van der Waals surface area contributed by atoms with Gasteiger partial charge in [0.25, 0.3) is 0 Å². The molecule has 6 heteroatoms. The summed E-state index contributed by atoms with van der Waals surface area (Å²) in [6, 6.07) is 15.7. The number of methoxy groups -OCH3 is 2. The first-order valence-electron chi connectivity index (χ1n) is 12.6. The largest absolute Gasteiger partial charge is 0.494 e. The molecule has 0 amide bonds. The number of pyridine rings is 2. The SMILES string of the molecule is COc1c(C2CC2)nc2ccccc2c1C(C)=O.COc1c(C2CC2)nc2ccccc2c1C(C)O. The van der Waals surface area contributed by atoms with Crippen LogP contribution in [0.25, 0.3) is 21.8 Å². The first kappa shape index (κ1) is 24.2. The second kappa shape index (κ2) is 9.86. The number of aromatic nitrogens is 2. The summed E-state index contributed by atoms with van der Waals surface area (Å²) in [5, 5.41) is 11.9. The minimum Gasteiger partial charge on any atom is -0.494 e. The van der Waals surface area contributed by atoms with Gasteiger partial charge in [-0.05, 0) is 51.7 Å². The fourth-order valence-electron chi connectivity index (χ4n) is 4.91. The molecule has 6 rings (SSSR count). The van der Waals surface area contributed by atoms with E-state index in [9.17, 15) is 9.90 Å². The fraction of sp³-hybridized carbons (Fsp3) is 0.367. The molecule has 0 bridgehead atoms. The molecule has 6 nitrogen and oxygen atoms in total. The number of aliphatic hydroxyl groups excluding tert-OH is 1. The molecule has 1 N–H and O–H groups in total. The number of carbonyl (C=O) groups is 1. The molecule has 0 aliphatic heterocycles. The Bertz CT molecular complexity index is 1440. The van der Waals surface area contributed by atoms with Crippen LogP contribution in [0, 0.1) is 0 Å². The fourth-order valence-corrected chi connectivity index (χ4v) is 4.91. The smallest absolute Gasteiger partial charge is 0.164 e. The predicted molar refractivity (Wildman–Crippen MR) is 141 cm³/mol. The molecule has 1 unspecified atom stereocenters. The third-order valence-electron chi connectivity index (χ3n) is 6.89. The normalized spacial score (nSPS) is 15.8. The van der Waals surface area contributed by atoms with Gasteiger partial charge >= 0.3 is 0 Å². The number of aliphatic hydroxyl groups is 1. The highest BCUT2D eigenvalue weighted by Gasteiger charge is 2.32. The number of fused-ring (bicyclic) bond motifs is 2. The van der Waals surface area contributed by atoms with Gasteiger partial charge in [-0.15, -0.1) is 0 Å². The maximum atomic E-state index is 11.9. The quantitative estimate of drug-likeness (QED) is 0.315. The number of ketones is 1. The van der Waals surface area contributed by atoms with E-state index in [0.29, 0.717) is 23.1 Å². The van der Waals surface area contributed by atoms with Gasteiger partial charge in [-0.2, -0.15) is 0 Å². The Morgan fingerprint density at radius 2 is 1.31 bits per heavy atom. The van der Waals surface area contributed by atoms with Gasteiger partial charge < -0.3 is 14.6 Å². The molecule has 2 heterocycles. The van der Waals surface area contributed by atoms with Gasteiger partial charge in [-0.3, -0.25) is 4.79 Å². The van der Waals surface area contributed by atoms with Crippen LogP contribution in [0.2, 0.25) is 0 Å². The molecule has 0 saturated heterocycles. The lowest BCUT2D eigenvalue weighted by Gasteiger charge is -2.17. The van der Waals surface area contributed by atoms with E-state index in [4.69, 9.17) is 14.5 Å². The van der Waals surface area contributed by atoms with Crippen LogP contribution in [0.5, 0.6) is 11.5 Å². The zero-order valence-corrected chi connectivity index (χ0v) is 21.2. The van der Waals surface area contributed by atoms with Crippen LogP contribution in [0.4, 0.5) is 0 Å². The van der Waals surface area contributed by atoms with Crippen LogP contribution < -0.4 is 9.47 Å². The lowest BCUT2D eigenvalue weighted by Crippen LogP contribution is -2.04. The minimum atomic E-state index is -0.551. The van der Waals surface area contributed by atoms with Gasteiger partial charge in [-0.25, -0.2) is 9.97 Å². The van der Waals surface area contributed by atoms with Gasteiger partial charge in [-0.1, -0.05) is 36.4 Å². The number of benzene rings is 2. The van der Waals surface area contributed by atoms with Gasteiger partial charge in [0.1, 0.15) is 5.75 Å². The van der Waals surface area contributed by atoms with Crippen molar-refractivity contribution in [3.05, 3.63) is 71.0 Å². The predicted octanol–water partition coefficient (Wildman–Crippen LogP) is 6.50. The van der Waals surface area contributed by atoms with Crippen molar-refractivity contribution in [3.8, 4) is 11.5 Å². The summed E-state index contributed by atoms with van der Waals surface area (Å²) >= 11 is 0. The van der Waals surface area contributed by atoms with Crippen molar-refractivity contribution in [2.75, 3.05) is 14.2 Å². The summed E-state index contributed by atoms with van der Waals surface area (Å²) in [6.07, 6.45) is 4.06. The number of ether oxygens (including phenoxy) is 2. The molecule has 2 aliphatic rings. The third kappa shape index (κ3) is 4.53. The van der Waals surface area contributed by atoms with Gasteiger partial charge in [0, 0.05) is 28.2 Å². The highest BCUT2D eigenvalue weighted by Crippen LogP contribution is 2.47. The Labute approximate surface area is 211 Å². The average molecular weight is 485 g/mol. The third-order valence-corrected chi connectivity index (χ3v) is 6.89. The highest BCUT2D eigenvalue weighted by molar-refractivity contribution is 6.09. The Morgan fingerprint density at radius 1 is 0.833 bits per heavy atom. The lowest BCUT2D eigenvalue weighted by molar-refractivity contribution is 0.101. The van der Waals surface area contributed by atoms with Gasteiger partial charge in [0.2, 0.25) is 0 Å². The second-order valence-corrected chi connectivity index (χ2v) is 9.66. The second-order valence-electron chi connectivity index (χ2n) is 9.66. The Hall–Kier alpha value is -3.51. The Balaban J connectivity index is 0.000000148. The van der Waals surface area contributed by atoms with Crippen LogP contribution in [0.3, 0.4) is 0 Å². The topological polar surface area (TPSA) is 81.5 Å². The van der Waals surface area contributed by atoms with Gasteiger partial charge in [0.05, 0.1) is 48.3 Å². The highest BCUT2D eigenvalue weighted by atomic mass is 16.5. The summed E-state index contributed by atoms with van der Waals surface area (Å²) in [5.41, 5.74) is 5.31. The van der Waals surface area contributed by atoms with E-state index in [1.165, 1.54) is 12.8 Å². The molecule has 1 atom stereocenters. The van der Waals surface area contributed by atoms with Crippen LogP contribution in [-0.2, 0) is 0 Å². The van der Waals surface area contributed by atoms with Crippen LogP contribution >= 0.6 is 0 Å². The molecule has 0 radical (unpaired) electrons. The van der Waals surface area contributed by atoms with E-state index < -0.39 is 6.10 Å². The number of para-hydroxylation sites is 2. The number of nitrogens with zero attached hydrogens (tertiary/aromatic N) is 2. The summed E-state index contributed by atoms with van der Waals surface area (Å²) < 4.78 is 11.0. The molecule has 186 valence electrons. The Morgan fingerprint density at radius 3 is 1.78 bits per heavy atom. The van der Waals surface area contributed by atoms with Crippen molar-refractivity contribution >= 4 is 27.6 Å². The number of hydrogen-bond acceptors (Lipinski definition) is 6. The van der Waals surface area contributed by atoms with Crippen molar-refractivity contribution in [3.63, 3.8) is 0 Å². The van der Waals surface area contributed by atoms with E-state index in [1.807, 2.05) is 48.5 Å². The standard InChI is InChI=1S/C15H17NO2.C15H15NO2/c2*1-9(17)13-11-5-3-4-6-12(11)16-14(10-7-8-10)15(13)18-2/h3-6,9-10,17H,7-8H2,1-2H3;3-6,10H,7-8H2,1-2H3. The molecule has 2 saturated carbocycles. The van der Waals surface area contributed by atoms with Crippen molar-refractivity contribution in [1.29, 1.82) is 0 Å². The number of rotatable bonds is 6. The average Bonchev–Trinajstić information content (AvgIpc) is 3.79. The lowest BCUT2D eigenvalue weighted by atomic mass is 10.0. The van der Waals surface area contributed by atoms with Gasteiger partial charge in [0.15, 0.2) is 11.5 Å². The van der Waals surface area contributed by atoms with E-state index in [2.05, 4.69) is 4.98 Å². The summed E-state index contributed by atoms with van der Waals surface area (Å²) in [6.45, 7) is 3.36. The first-order valence-corrected chi connectivity index (χ1v) is 12.6. The molecule has 2 aliphatic carbocycles. The molecule has 2 aromatic carbocycles. The number of Topliss-reactive ketones (excluding diaryl/α,β-unsaturated/α-hetero) is 1. The van der Waals surface area contributed by atoms with Crippen LogP contribution in [0.15, 0.2) is 48.5 Å². The van der Waals surface area contributed by atoms with Crippen molar-refractivity contribution in [1.82, 2.24) is 9.97 Å². The molecular formula is C30H32N2O4. The molecule has 2 fully saturated rings. The van der Waals surface area contributed by atoms with Crippen LogP contribution in [-0.4, -0.2) is 35.1 Å². The first-order chi connectivity index (χ1) is 17.4. The maximum Gasteiger partial charge on any atom is 0.164 e. The summed E-state index contributed by atoms with van der Waals surface area (Å²) in [7, 11) is 3.27. The number of hydrogen-bond donors (Lipinski definition) is 1. The number of carbonyl (C=O) groups excluding carboxylic acids is 1. The zero-order valence-electron chi connectivity index (χ0n) is 21.2. The molecule has 0 spiro atoms. The molecule has 36 heavy (non-hydrogen) atoms.